The van der Waals surface area contributed by atoms with Crippen LogP contribution in [0, 0.1) is 3.57 Å². The number of hydrogen-bond acceptors (Lipinski definition) is 2. The summed E-state index contributed by atoms with van der Waals surface area (Å²) in [4.78, 5) is 13.4. The van der Waals surface area contributed by atoms with E-state index in [1.165, 1.54) is 0 Å². The Hall–Kier alpha value is -0.800. The fraction of sp³-hybridized carbons (Fsp3) is 0.250. The van der Waals surface area contributed by atoms with Crippen molar-refractivity contribution in [3.05, 3.63) is 26.6 Å². The van der Waals surface area contributed by atoms with Crippen molar-refractivity contribution >= 4 is 28.9 Å². The van der Waals surface area contributed by atoms with Gasteiger partial charge in [0.2, 0.25) is 0 Å². The van der Waals surface area contributed by atoms with Crippen LogP contribution in [0.5, 0.6) is 0 Å². The molecule has 0 aliphatic heterocycles. The lowest BCUT2D eigenvalue weighted by Gasteiger charge is -2.12. The molecule has 2 nitrogen and oxygen atoms in total. The molecule has 0 fully saturated rings. The molecular formula is C8H3F5INO. The second kappa shape index (κ2) is 4.60. The van der Waals surface area contributed by atoms with Gasteiger partial charge in [-0.25, -0.2) is 13.8 Å². The Kier molecular flexibility index (Phi) is 3.81. The Balaban J connectivity index is 3.50. The van der Waals surface area contributed by atoms with E-state index >= 15 is 0 Å². The molecule has 8 heteroatoms. The average Bonchev–Trinajstić information content (AvgIpc) is 2.14. The summed E-state index contributed by atoms with van der Waals surface area (Å²) in [6, 6.07) is 0. The summed E-state index contributed by atoms with van der Waals surface area (Å²) in [5.41, 5.74) is -2.88. The lowest BCUT2D eigenvalue weighted by molar-refractivity contribution is -0.142. The second-order valence-corrected chi connectivity index (χ2v) is 3.78. The number of rotatable bonds is 2. The molecule has 88 valence electrons. The summed E-state index contributed by atoms with van der Waals surface area (Å²) in [7, 11) is 0. The lowest BCUT2D eigenvalue weighted by atomic mass is 10.1. The highest BCUT2D eigenvalue weighted by atomic mass is 127. The van der Waals surface area contributed by atoms with E-state index in [9.17, 15) is 26.7 Å². The molecule has 0 aliphatic carbocycles. The summed E-state index contributed by atoms with van der Waals surface area (Å²) in [6.45, 7) is 0. The Morgan fingerprint density at radius 2 is 1.94 bits per heavy atom. The normalized spacial score (nSPS) is 11.9. The molecule has 1 aromatic rings. The maximum absolute atomic E-state index is 12.5. The van der Waals surface area contributed by atoms with E-state index in [4.69, 9.17) is 0 Å². The molecule has 1 aromatic heterocycles. The third kappa shape index (κ3) is 2.47. The molecule has 0 atom stereocenters. The van der Waals surface area contributed by atoms with Gasteiger partial charge in [-0.05, 0) is 22.6 Å². The summed E-state index contributed by atoms with van der Waals surface area (Å²) < 4.78 is 61.2. The highest BCUT2D eigenvalue weighted by Crippen LogP contribution is 2.36. The van der Waals surface area contributed by atoms with Crippen molar-refractivity contribution in [1.29, 1.82) is 0 Å². The van der Waals surface area contributed by atoms with Crippen LogP contribution < -0.4 is 0 Å². The number of nitrogens with zero attached hydrogens (tertiary/aromatic N) is 1. The first-order valence-corrected chi connectivity index (χ1v) is 4.85. The van der Waals surface area contributed by atoms with E-state index < -0.39 is 33.0 Å². The Morgan fingerprint density at radius 3 is 2.31 bits per heavy atom. The molecule has 16 heavy (non-hydrogen) atoms. The zero-order valence-corrected chi connectivity index (χ0v) is 9.51. The summed E-state index contributed by atoms with van der Waals surface area (Å²) in [5, 5.41) is 0. The van der Waals surface area contributed by atoms with Gasteiger partial charge in [0, 0.05) is 17.3 Å². The fourth-order valence-corrected chi connectivity index (χ4v) is 2.02. The summed E-state index contributed by atoms with van der Waals surface area (Å²) in [6.07, 6.45) is -7.42. The molecule has 0 N–H and O–H groups in total. The van der Waals surface area contributed by atoms with Gasteiger partial charge < -0.3 is 0 Å². The SMILES string of the molecule is O=Cc1cnc(C(F)(F)F)c(I)c1C(F)F. The molecule has 0 spiro atoms. The van der Waals surface area contributed by atoms with E-state index in [1.54, 1.807) is 0 Å². The quantitative estimate of drug-likeness (QED) is 0.464. The van der Waals surface area contributed by atoms with Crippen molar-refractivity contribution in [2.45, 2.75) is 12.6 Å². The number of hydrogen-bond donors (Lipinski definition) is 0. The van der Waals surface area contributed by atoms with Crippen molar-refractivity contribution in [1.82, 2.24) is 4.98 Å². The van der Waals surface area contributed by atoms with E-state index in [0.29, 0.717) is 6.20 Å². The zero-order valence-electron chi connectivity index (χ0n) is 7.36. The van der Waals surface area contributed by atoms with Crippen LogP contribution in [0.4, 0.5) is 22.0 Å². The van der Waals surface area contributed by atoms with Gasteiger partial charge in [0.1, 0.15) is 0 Å². The first-order chi connectivity index (χ1) is 7.29. The van der Waals surface area contributed by atoms with Crippen molar-refractivity contribution in [3.8, 4) is 0 Å². The minimum absolute atomic E-state index is 0.0524. The maximum Gasteiger partial charge on any atom is 0.434 e. The number of aromatic nitrogens is 1. The van der Waals surface area contributed by atoms with Crippen molar-refractivity contribution < 1.29 is 26.7 Å². The number of pyridine rings is 1. The Bertz CT molecular complexity index is 418. The van der Waals surface area contributed by atoms with Crippen molar-refractivity contribution in [3.63, 3.8) is 0 Å². The Morgan fingerprint density at radius 1 is 1.38 bits per heavy atom. The first-order valence-electron chi connectivity index (χ1n) is 3.78. The van der Waals surface area contributed by atoms with Gasteiger partial charge in [-0.15, -0.1) is 0 Å². The van der Waals surface area contributed by atoms with Crippen LogP contribution in [0.3, 0.4) is 0 Å². The van der Waals surface area contributed by atoms with Gasteiger partial charge in [0.15, 0.2) is 12.0 Å². The monoisotopic (exact) mass is 351 g/mol. The second-order valence-electron chi connectivity index (χ2n) is 2.71. The molecule has 0 bridgehead atoms. The van der Waals surface area contributed by atoms with Crippen LogP contribution in [0.1, 0.15) is 28.0 Å². The van der Waals surface area contributed by atoms with E-state index in [1.807, 2.05) is 0 Å². The number of carbonyl (C=O) groups is 1. The summed E-state index contributed by atoms with van der Waals surface area (Å²) >= 11 is 1.11. The zero-order chi connectivity index (χ0) is 12.5. The molecule has 0 amide bonds. The fourth-order valence-electron chi connectivity index (χ4n) is 1.03. The third-order valence-electron chi connectivity index (χ3n) is 1.70. The maximum atomic E-state index is 12.5. The smallest absolute Gasteiger partial charge is 0.298 e. The molecule has 0 radical (unpaired) electrons. The van der Waals surface area contributed by atoms with E-state index in [-0.39, 0.29) is 6.29 Å². The first kappa shape index (κ1) is 13.3. The standard InChI is InChI=1S/C8H3F5INO/c9-7(10)4-3(2-16)1-15-6(5(4)14)8(11,12)13/h1-2,7H. The number of carbonyl (C=O) groups excluding carboxylic acids is 1. The van der Waals surface area contributed by atoms with Gasteiger partial charge >= 0.3 is 6.18 Å². The number of aldehydes is 1. The van der Waals surface area contributed by atoms with E-state index in [0.717, 1.165) is 22.6 Å². The minimum atomic E-state index is -4.82. The molecule has 0 unspecified atom stereocenters. The largest absolute Gasteiger partial charge is 0.434 e. The van der Waals surface area contributed by atoms with Crippen molar-refractivity contribution in [2.75, 3.05) is 0 Å². The van der Waals surface area contributed by atoms with Gasteiger partial charge in [-0.1, -0.05) is 0 Å². The van der Waals surface area contributed by atoms with Crippen LogP contribution in [0.2, 0.25) is 0 Å². The van der Waals surface area contributed by atoms with Crippen LogP contribution >= 0.6 is 22.6 Å². The molecule has 0 saturated heterocycles. The molecule has 1 rings (SSSR count). The lowest BCUT2D eigenvalue weighted by Crippen LogP contribution is -2.14. The Labute approximate surface area is 100.0 Å². The van der Waals surface area contributed by atoms with E-state index in [2.05, 4.69) is 4.98 Å². The average molecular weight is 351 g/mol. The highest BCUT2D eigenvalue weighted by molar-refractivity contribution is 14.1. The molecule has 0 aliphatic rings. The topological polar surface area (TPSA) is 30.0 Å². The number of alkyl halides is 5. The van der Waals surface area contributed by atoms with Crippen LogP contribution in [-0.2, 0) is 6.18 Å². The molecule has 0 saturated carbocycles. The minimum Gasteiger partial charge on any atom is -0.298 e. The molecule has 0 aromatic carbocycles. The third-order valence-corrected chi connectivity index (χ3v) is 2.79. The molecular weight excluding hydrogens is 348 g/mol. The number of halogens is 6. The van der Waals surface area contributed by atoms with Crippen LogP contribution in [0.25, 0.3) is 0 Å². The van der Waals surface area contributed by atoms with Crippen LogP contribution in [0.15, 0.2) is 6.20 Å². The van der Waals surface area contributed by atoms with Crippen molar-refractivity contribution in [2.24, 2.45) is 0 Å². The predicted molar refractivity (Wildman–Crippen MR) is 52.3 cm³/mol. The van der Waals surface area contributed by atoms with Gasteiger partial charge in [-0.2, -0.15) is 13.2 Å². The molecule has 1 heterocycles. The van der Waals surface area contributed by atoms with Gasteiger partial charge in [-0.3, -0.25) is 4.79 Å². The predicted octanol–water partition coefficient (Wildman–Crippen LogP) is 3.46. The van der Waals surface area contributed by atoms with Gasteiger partial charge in [0.25, 0.3) is 6.43 Å². The van der Waals surface area contributed by atoms with Gasteiger partial charge in [0.05, 0.1) is 3.57 Å². The summed E-state index contributed by atoms with van der Waals surface area (Å²) in [5.74, 6) is 0. The highest BCUT2D eigenvalue weighted by Gasteiger charge is 2.37. The van der Waals surface area contributed by atoms with Crippen LogP contribution in [-0.4, -0.2) is 11.3 Å².